The minimum absolute atomic E-state index is 0.669. The molecule has 0 fully saturated rings. The number of thioether (sulfide) groups is 1. The van der Waals surface area contributed by atoms with Gasteiger partial charge in [-0.15, -0.1) is 0 Å². The number of hydrogen-bond donors (Lipinski definition) is 1. The lowest BCUT2D eigenvalue weighted by atomic mass is 9.98. The molecule has 1 heterocycles. The molecule has 0 atom stereocenters. The molecular weight excluding hydrogens is 699 g/mol. The largest absolute Gasteiger partial charge is 0.325 e. The zero-order chi connectivity index (χ0) is 37.1. The van der Waals surface area contributed by atoms with Crippen LogP contribution in [0.2, 0.25) is 0 Å². The smallest absolute Gasteiger partial charge is 0.117 e. The maximum absolute atomic E-state index is 10.6. The van der Waals surface area contributed by atoms with Crippen LogP contribution in [0, 0.1) is 0 Å². The predicted octanol–water partition coefficient (Wildman–Crippen LogP) is 14.7. The van der Waals surface area contributed by atoms with E-state index in [0.29, 0.717) is 22.0 Å². The molecule has 0 saturated heterocycles. The number of benzene rings is 6. The third kappa shape index (κ3) is 8.27. The molecule has 6 heteroatoms. The summed E-state index contributed by atoms with van der Waals surface area (Å²) in [5, 5.41) is 0.701. The van der Waals surface area contributed by atoms with Gasteiger partial charge in [0.1, 0.15) is 5.03 Å². The molecule has 0 aliphatic rings. The number of hydrogen-bond acceptors (Lipinski definition) is 6. The minimum Gasteiger partial charge on any atom is -0.325 e. The van der Waals surface area contributed by atoms with E-state index < -0.39 is 0 Å². The van der Waals surface area contributed by atoms with E-state index in [2.05, 4.69) is 162 Å². The summed E-state index contributed by atoms with van der Waals surface area (Å²) in [5.74, 6) is 0. The van der Waals surface area contributed by atoms with Crippen LogP contribution in [0.3, 0.4) is 0 Å². The lowest BCUT2D eigenvalue weighted by Gasteiger charge is -2.26. The van der Waals surface area contributed by atoms with Crippen LogP contribution in [-0.2, 0) is 0 Å². The minimum atomic E-state index is 0.669. The van der Waals surface area contributed by atoms with Crippen LogP contribution < -0.4 is 9.80 Å². The van der Waals surface area contributed by atoms with Gasteiger partial charge in [0.15, 0.2) is 0 Å². The summed E-state index contributed by atoms with van der Waals surface area (Å²) in [7, 11) is 0. The second-order valence-electron chi connectivity index (χ2n) is 12.3. The summed E-state index contributed by atoms with van der Waals surface area (Å²) in [4.78, 5) is 11.4. The molecule has 0 saturated carbocycles. The van der Waals surface area contributed by atoms with Gasteiger partial charge in [-0.3, -0.25) is 0 Å². The Bertz CT molecular complexity index is 2270. The van der Waals surface area contributed by atoms with Crippen LogP contribution in [0.25, 0.3) is 22.4 Å². The topological polar surface area (TPSA) is 39.6 Å². The fourth-order valence-corrected chi connectivity index (χ4v) is 7.54. The van der Waals surface area contributed by atoms with Crippen molar-refractivity contribution in [2.45, 2.75) is 16.8 Å². The highest BCUT2D eigenvalue weighted by Gasteiger charge is 2.19. The molecule has 0 aliphatic heterocycles. The van der Waals surface area contributed by atoms with Crippen LogP contribution in [-0.4, -0.2) is 9.54 Å². The van der Waals surface area contributed by atoms with Crippen molar-refractivity contribution in [2.24, 2.45) is 0 Å². The van der Waals surface area contributed by atoms with Gasteiger partial charge in [0.25, 0.3) is 0 Å². The van der Waals surface area contributed by atoms with Gasteiger partial charge in [0.05, 0.1) is 10.6 Å². The van der Waals surface area contributed by atoms with Gasteiger partial charge in [0, 0.05) is 62.2 Å². The van der Waals surface area contributed by atoms with Gasteiger partial charge >= 0.3 is 0 Å². The highest BCUT2D eigenvalue weighted by atomic mass is 32.2. The Kier molecular flexibility index (Phi) is 11.9. The van der Waals surface area contributed by atoms with Gasteiger partial charge < -0.3 is 14.4 Å². The summed E-state index contributed by atoms with van der Waals surface area (Å²) < 4.78 is 10.6. The van der Waals surface area contributed by atoms with E-state index >= 15 is 0 Å². The average Bonchev–Trinajstić information content (AvgIpc) is 3.24. The van der Waals surface area contributed by atoms with Crippen LogP contribution in [0.15, 0.2) is 222 Å². The fourth-order valence-electron chi connectivity index (χ4n) is 6.26. The number of rotatable bonds is 13. The standard InChI is InChI=1S/C48H39N3OS2/c1-3-5-26-44(4-2)53-48-46(54-52)35-45(36-27-31-42(32-28-36)50(38-18-10-6-11-19-38)39-20-12-7-13-21-39)47(49-48)37-29-33-43(34-30-37)51(40-22-14-8-15-23-40)41-24-16-9-17-25-41/h3-35,52H,2H2,1H3/b5-3-,44-26+. The van der Waals surface area contributed by atoms with Crippen molar-refractivity contribution >= 4 is 57.9 Å². The average molecular weight is 738 g/mol. The molecule has 0 bridgehead atoms. The van der Waals surface area contributed by atoms with E-state index in [-0.39, 0.29) is 0 Å². The zero-order valence-electron chi connectivity index (χ0n) is 29.9. The van der Waals surface area contributed by atoms with Gasteiger partial charge in [-0.25, -0.2) is 4.98 Å². The quantitative estimate of drug-likeness (QED) is 0.0722. The third-order valence-corrected chi connectivity index (χ3v) is 10.5. The number of nitrogens with zero attached hydrogens (tertiary/aromatic N) is 3. The monoisotopic (exact) mass is 737 g/mol. The van der Waals surface area contributed by atoms with Crippen LogP contribution >= 0.6 is 23.8 Å². The molecule has 1 aromatic heterocycles. The number of allylic oxidation sites excluding steroid dienone is 4. The molecule has 0 aliphatic carbocycles. The molecule has 0 radical (unpaired) electrons. The highest BCUT2D eigenvalue weighted by molar-refractivity contribution is 8.04. The van der Waals surface area contributed by atoms with Gasteiger partial charge in [-0.1, -0.05) is 134 Å². The maximum atomic E-state index is 10.6. The third-order valence-electron chi connectivity index (χ3n) is 8.81. The van der Waals surface area contributed by atoms with Crippen molar-refractivity contribution in [1.29, 1.82) is 0 Å². The SMILES string of the molecule is C=C/C(=C\C=C/C)Sc1nc(-c2ccc(N(c3ccccc3)c3ccccc3)cc2)c(-c2ccc(N(c3ccccc3)c3ccccc3)cc2)cc1SO. The molecule has 264 valence electrons. The molecule has 4 nitrogen and oxygen atoms in total. The fraction of sp³-hybridized carbons (Fsp3) is 0.0208. The van der Waals surface area contributed by atoms with Crippen molar-refractivity contribution < 1.29 is 4.55 Å². The molecule has 6 aromatic carbocycles. The molecule has 7 aromatic rings. The van der Waals surface area contributed by atoms with Gasteiger partial charge in [0.2, 0.25) is 0 Å². The molecule has 54 heavy (non-hydrogen) atoms. The Balaban J connectivity index is 1.34. The van der Waals surface area contributed by atoms with Crippen LogP contribution in [0.1, 0.15) is 6.92 Å². The van der Waals surface area contributed by atoms with Gasteiger partial charge in [-0.2, -0.15) is 0 Å². The van der Waals surface area contributed by atoms with E-state index in [1.807, 2.05) is 61.6 Å². The van der Waals surface area contributed by atoms with Crippen molar-refractivity contribution in [3.05, 3.63) is 212 Å². The first-order valence-corrected chi connectivity index (χ1v) is 19.3. The first-order chi connectivity index (χ1) is 26.7. The molecule has 0 amide bonds. The second-order valence-corrected chi connectivity index (χ2v) is 14.0. The van der Waals surface area contributed by atoms with Crippen LogP contribution in [0.5, 0.6) is 0 Å². The number of pyridine rings is 1. The van der Waals surface area contributed by atoms with Crippen molar-refractivity contribution in [3.8, 4) is 22.4 Å². The summed E-state index contributed by atoms with van der Waals surface area (Å²) in [5.41, 5.74) is 10.0. The summed E-state index contributed by atoms with van der Waals surface area (Å²) in [6.07, 6.45) is 7.76. The van der Waals surface area contributed by atoms with E-state index in [1.54, 1.807) is 0 Å². The second kappa shape index (κ2) is 17.6. The summed E-state index contributed by atoms with van der Waals surface area (Å²) in [6.45, 7) is 6.00. The zero-order valence-corrected chi connectivity index (χ0v) is 31.5. The first kappa shape index (κ1) is 36.3. The number of para-hydroxylation sites is 4. The predicted molar refractivity (Wildman–Crippen MR) is 232 cm³/mol. The molecule has 1 N–H and O–H groups in total. The first-order valence-electron chi connectivity index (χ1n) is 17.7. The molecule has 0 unspecified atom stereocenters. The van der Waals surface area contributed by atoms with E-state index in [0.717, 1.165) is 61.4 Å². The Hall–Kier alpha value is -6.05. The normalized spacial score (nSPS) is 11.4. The lowest BCUT2D eigenvalue weighted by molar-refractivity contribution is 0.660. The maximum Gasteiger partial charge on any atom is 0.117 e. The van der Waals surface area contributed by atoms with E-state index in [9.17, 15) is 4.55 Å². The van der Waals surface area contributed by atoms with Crippen molar-refractivity contribution in [1.82, 2.24) is 4.98 Å². The van der Waals surface area contributed by atoms with Crippen LogP contribution in [0.4, 0.5) is 34.1 Å². The van der Waals surface area contributed by atoms with Gasteiger partial charge in [-0.05, 0) is 97.4 Å². The van der Waals surface area contributed by atoms with E-state index in [4.69, 9.17) is 4.98 Å². The Morgan fingerprint density at radius 2 is 0.981 bits per heavy atom. The van der Waals surface area contributed by atoms with E-state index in [1.165, 1.54) is 11.8 Å². The Morgan fingerprint density at radius 1 is 0.574 bits per heavy atom. The Labute approximate surface area is 326 Å². The molecular formula is C48H39N3OS2. The Morgan fingerprint density at radius 3 is 1.37 bits per heavy atom. The number of anilines is 6. The molecule has 0 spiro atoms. The summed E-state index contributed by atoms with van der Waals surface area (Å²) in [6, 6.07) is 60.7. The highest BCUT2D eigenvalue weighted by Crippen LogP contribution is 2.43. The van der Waals surface area contributed by atoms with Crippen molar-refractivity contribution in [2.75, 3.05) is 9.80 Å². The number of aromatic nitrogens is 1. The van der Waals surface area contributed by atoms with Crippen molar-refractivity contribution in [3.63, 3.8) is 0 Å². The summed E-state index contributed by atoms with van der Waals surface area (Å²) >= 11 is 2.19. The lowest BCUT2D eigenvalue weighted by Crippen LogP contribution is -2.09. The molecule has 7 rings (SSSR count).